The minimum absolute atomic E-state index is 0.0418. The molecule has 3 rings (SSSR count). The first-order chi connectivity index (χ1) is 7.27. The quantitative estimate of drug-likeness (QED) is 0.758. The molecule has 78 valence electrons. The van der Waals surface area contributed by atoms with Crippen molar-refractivity contribution < 1.29 is 4.39 Å². The Labute approximate surface area is 88.2 Å². The Morgan fingerprint density at radius 1 is 1.53 bits per heavy atom. The van der Waals surface area contributed by atoms with E-state index in [0.717, 1.165) is 17.6 Å². The van der Waals surface area contributed by atoms with E-state index in [1.807, 2.05) is 25.3 Å². The molecule has 1 saturated heterocycles. The highest BCUT2D eigenvalue weighted by Crippen LogP contribution is 2.43. The molecule has 0 radical (unpaired) electrons. The van der Waals surface area contributed by atoms with Gasteiger partial charge in [-0.05, 0) is 30.5 Å². The summed E-state index contributed by atoms with van der Waals surface area (Å²) in [5, 5.41) is 3.30. The van der Waals surface area contributed by atoms with Gasteiger partial charge in [-0.2, -0.15) is 0 Å². The van der Waals surface area contributed by atoms with E-state index in [0.29, 0.717) is 0 Å². The van der Waals surface area contributed by atoms with Crippen LogP contribution in [-0.4, -0.2) is 17.1 Å². The predicted molar refractivity (Wildman–Crippen MR) is 56.1 cm³/mol. The summed E-state index contributed by atoms with van der Waals surface area (Å²) in [6, 6.07) is 4.07. The molecule has 0 saturated carbocycles. The van der Waals surface area contributed by atoms with Gasteiger partial charge in [-0.1, -0.05) is 6.07 Å². The second kappa shape index (κ2) is 3.14. The Bertz CT molecular complexity index is 413. The van der Waals surface area contributed by atoms with E-state index >= 15 is 0 Å². The number of pyridine rings is 1. The predicted octanol–water partition coefficient (Wildman–Crippen LogP) is 2.15. The van der Waals surface area contributed by atoms with Gasteiger partial charge in [0.25, 0.3) is 0 Å². The highest BCUT2D eigenvalue weighted by molar-refractivity contribution is 5.36. The van der Waals surface area contributed by atoms with Crippen molar-refractivity contribution in [2.24, 2.45) is 0 Å². The minimum atomic E-state index is -0.112. The number of hydrogen-bond acceptors (Lipinski definition) is 2. The molecular weight excluding hydrogens is 191 g/mol. The summed E-state index contributed by atoms with van der Waals surface area (Å²) in [6.45, 7) is 1.88. The van der Waals surface area contributed by atoms with Crippen LogP contribution in [0, 0.1) is 0 Å². The lowest BCUT2D eigenvalue weighted by Gasteiger charge is -2.20. The fraction of sp³-hybridized carbons (Fsp3) is 0.417. The second-order valence-corrected chi connectivity index (χ2v) is 4.36. The summed E-state index contributed by atoms with van der Waals surface area (Å²) in [5.41, 5.74) is 2.03. The minimum Gasteiger partial charge on any atom is -0.301 e. The second-order valence-electron chi connectivity index (χ2n) is 4.36. The highest BCUT2D eigenvalue weighted by Gasteiger charge is 2.44. The summed E-state index contributed by atoms with van der Waals surface area (Å²) >= 11 is 0. The number of nitrogens with zero attached hydrogens (tertiary/aromatic N) is 1. The standard InChI is InChI=1S/C12H13FN2/c1-7-10-5-9(12(15-10)11(7)13)8-3-2-4-14-6-8/h2-4,6,9-10,12,15H,5H2,1H3. The van der Waals surface area contributed by atoms with Gasteiger partial charge < -0.3 is 5.32 Å². The normalized spacial score (nSPS) is 33.9. The van der Waals surface area contributed by atoms with Crippen LogP contribution in [-0.2, 0) is 0 Å². The fourth-order valence-corrected chi connectivity index (χ4v) is 2.68. The zero-order valence-electron chi connectivity index (χ0n) is 8.57. The van der Waals surface area contributed by atoms with Crippen LogP contribution in [0.1, 0.15) is 24.8 Å². The van der Waals surface area contributed by atoms with Gasteiger partial charge in [0.2, 0.25) is 0 Å². The maximum absolute atomic E-state index is 13.7. The lowest BCUT2D eigenvalue weighted by Crippen LogP contribution is -2.24. The molecule has 1 aromatic rings. The SMILES string of the molecule is CC1=C(F)C2NC1CC2c1cccnc1. The van der Waals surface area contributed by atoms with Crippen LogP contribution in [0.5, 0.6) is 0 Å². The molecule has 0 aliphatic carbocycles. The molecule has 15 heavy (non-hydrogen) atoms. The zero-order valence-corrected chi connectivity index (χ0v) is 8.57. The number of rotatable bonds is 1. The van der Waals surface area contributed by atoms with Crippen molar-refractivity contribution in [1.29, 1.82) is 0 Å². The molecule has 3 heterocycles. The molecule has 2 aliphatic heterocycles. The smallest absolute Gasteiger partial charge is 0.118 e. The number of fused-ring (bicyclic) bond motifs is 2. The summed E-state index contributed by atoms with van der Waals surface area (Å²) in [7, 11) is 0. The van der Waals surface area contributed by atoms with Gasteiger partial charge in [0.15, 0.2) is 0 Å². The van der Waals surface area contributed by atoms with E-state index in [9.17, 15) is 4.39 Å². The summed E-state index contributed by atoms with van der Waals surface area (Å²) < 4.78 is 13.7. The van der Waals surface area contributed by atoms with Crippen LogP contribution in [0.15, 0.2) is 35.9 Å². The Morgan fingerprint density at radius 3 is 3.00 bits per heavy atom. The number of aromatic nitrogens is 1. The maximum atomic E-state index is 13.7. The lowest BCUT2D eigenvalue weighted by molar-refractivity contribution is 0.486. The van der Waals surface area contributed by atoms with Gasteiger partial charge in [-0.3, -0.25) is 4.98 Å². The van der Waals surface area contributed by atoms with Crippen LogP contribution in [0.2, 0.25) is 0 Å². The average Bonchev–Trinajstić information content (AvgIpc) is 2.82. The number of halogens is 1. The molecular formula is C12H13FN2. The Morgan fingerprint density at radius 2 is 2.40 bits per heavy atom. The molecule has 2 bridgehead atoms. The third-order valence-electron chi connectivity index (χ3n) is 3.56. The Hall–Kier alpha value is -1.22. The van der Waals surface area contributed by atoms with Crippen LogP contribution in [0.3, 0.4) is 0 Å². The van der Waals surface area contributed by atoms with Gasteiger partial charge in [-0.15, -0.1) is 0 Å². The van der Waals surface area contributed by atoms with Gasteiger partial charge in [-0.25, -0.2) is 4.39 Å². The van der Waals surface area contributed by atoms with Crippen molar-refractivity contribution in [3.05, 3.63) is 41.5 Å². The third kappa shape index (κ3) is 1.23. The van der Waals surface area contributed by atoms with E-state index in [1.54, 1.807) is 6.20 Å². The largest absolute Gasteiger partial charge is 0.301 e. The zero-order chi connectivity index (χ0) is 10.4. The molecule has 3 heteroatoms. The lowest BCUT2D eigenvalue weighted by atomic mass is 9.85. The fourth-order valence-electron chi connectivity index (χ4n) is 2.68. The molecule has 0 aromatic carbocycles. The van der Waals surface area contributed by atoms with Crippen molar-refractivity contribution in [3.63, 3.8) is 0 Å². The highest BCUT2D eigenvalue weighted by atomic mass is 19.1. The van der Waals surface area contributed by atoms with Crippen molar-refractivity contribution in [2.45, 2.75) is 31.3 Å². The molecule has 2 nitrogen and oxygen atoms in total. The molecule has 3 atom stereocenters. The van der Waals surface area contributed by atoms with E-state index in [2.05, 4.69) is 10.3 Å². The van der Waals surface area contributed by atoms with Crippen LogP contribution in [0.4, 0.5) is 4.39 Å². The molecule has 0 spiro atoms. The monoisotopic (exact) mass is 204 g/mol. The number of nitrogens with one attached hydrogen (secondary N) is 1. The molecule has 1 aromatic heterocycles. The van der Waals surface area contributed by atoms with E-state index in [1.165, 1.54) is 0 Å². The Balaban J connectivity index is 1.94. The van der Waals surface area contributed by atoms with E-state index in [4.69, 9.17) is 0 Å². The molecule has 3 unspecified atom stereocenters. The van der Waals surface area contributed by atoms with E-state index < -0.39 is 0 Å². The molecule has 1 N–H and O–H groups in total. The third-order valence-corrected chi connectivity index (χ3v) is 3.56. The average molecular weight is 204 g/mol. The van der Waals surface area contributed by atoms with Crippen LogP contribution >= 0.6 is 0 Å². The van der Waals surface area contributed by atoms with Gasteiger partial charge in [0.1, 0.15) is 5.83 Å². The first kappa shape index (κ1) is 9.04. The van der Waals surface area contributed by atoms with Crippen molar-refractivity contribution in [1.82, 2.24) is 10.3 Å². The van der Waals surface area contributed by atoms with Crippen LogP contribution < -0.4 is 5.32 Å². The molecule has 1 fully saturated rings. The van der Waals surface area contributed by atoms with Gasteiger partial charge >= 0.3 is 0 Å². The number of hydrogen-bond donors (Lipinski definition) is 1. The molecule has 2 aliphatic rings. The maximum Gasteiger partial charge on any atom is 0.118 e. The van der Waals surface area contributed by atoms with Crippen LogP contribution in [0.25, 0.3) is 0 Å². The van der Waals surface area contributed by atoms with Gasteiger partial charge in [0.05, 0.1) is 6.04 Å². The summed E-state index contributed by atoms with van der Waals surface area (Å²) in [5.74, 6) is 0.299. The van der Waals surface area contributed by atoms with Crippen molar-refractivity contribution in [2.75, 3.05) is 0 Å². The summed E-state index contributed by atoms with van der Waals surface area (Å²) in [4.78, 5) is 4.09. The first-order valence-electron chi connectivity index (χ1n) is 5.29. The van der Waals surface area contributed by atoms with Crippen molar-refractivity contribution in [3.8, 4) is 0 Å². The Kier molecular flexibility index (Phi) is 1.89. The molecule has 0 amide bonds. The van der Waals surface area contributed by atoms with Crippen molar-refractivity contribution >= 4 is 0 Å². The topological polar surface area (TPSA) is 24.9 Å². The van der Waals surface area contributed by atoms with Gasteiger partial charge in [0, 0.05) is 24.4 Å². The summed E-state index contributed by atoms with van der Waals surface area (Å²) in [6.07, 6.45) is 4.59. The first-order valence-corrected chi connectivity index (χ1v) is 5.29. The van der Waals surface area contributed by atoms with E-state index in [-0.39, 0.29) is 23.8 Å².